The minimum absolute atomic E-state index is 0.138. The Kier molecular flexibility index (Phi) is 4.87. The maximum absolute atomic E-state index is 12.8. The molecule has 3 heterocycles. The second-order valence-corrected chi connectivity index (χ2v) is 7.07. The molecule has 0 saturated carbocycles. The minimum atomic E-state index is -0.138. The van der Waals surface area contributed by atoms with E-state index in [9.17, 15) is 4.79 Å². The lowest BCUT2D eigenvalue weighted by atomic mass is 10.2. The number of carbonyl (C=O) groups is 1. The Balaban J connectivity index is 1.68. The van der Waals surface area contributed by atoms with Crippen molar-refractivity contribution in [3.8, 4) is 11.5 Å². The molecule has 0 atom stereocenters. The van der Waals surface area contributed by atoms with Gasteiger partial charge in [0.15, 0.2) is 16.7 Å². The number of ether oxygens (including phenoxy) is 2. The second kappa shape index (κ2) is 7.46. The van der Waals surface area contributed by atoms with Gasteiger partial charge < -0.3 is 9.47 Å². The number of fused-ring (bicyclic) bond motifs is 1. The third-order valence-corrected chi connectivity index (χ3v) is 5.16. The number of thioether (sulfide) groups is 1. The first kappa shape index (κ1) is 17.6. The molecule has 1 saturated heterocycles. The van der Waals surface area contributed by atoms with Crippen molar-refractivity contribution >= 4 is 46.2 Å². The molecule has 8 heteroatoms. The summed E-state index contributed by atoms with van der Waals surface area (Å²) in [7, 11) is 0. The van der Waals surface area contributed by atoms with Crippen molar-refractivity contribution in [2.24, 2.45) is 4.99 Å². The second-order valence-electron chi connectivity index (χ2n) is 5.65. The highest BCUT2D eigenvalue weighted by Crippen LogP contribution is 2.37. The van der Waals surface area contributed by atoms with Gasteiger partial charge in [-0.2, -0.15) is 0 Å². The van der Waals surface area contributed by atoms with Crippen molar-refractivity contribution in [1.29, 1.82) is 0 Å². The van der Waals surface area contributed by atoms with Crippen molar-refractivity contribution in [1.82, 2.24) is 9.88 Å². The summed E-state index contributed by atoms with van der Waals surface area (Å²) in [6.45, 7) is 4.28. The molecule has 0 N–H and O–H groups in total. The van der Waals surface area contributed by atoms with E-state index in [0.29, 0.717) is 38.8 Å². The third-order valence-electron chi connectivity index (χ3n) is 3.86. The third kappa shape index (κ3) is 3.56. The zero-order valence-electron chi connectivity index (χ0n) is 14.1. The summed E-state index contributed by atoms with van der Waals surface area (Å²) in [5.74, 6) is 1.23. The largest absolute Gasteiger partial charge is 0.454 e. The molecule has 2 aromatic rings. The summed E-state index contributed by atoms with van der Waals surface area (Å²) in [6.07, 6.45) is 6.59. The Morgan fingerprint density at radius 3 is 3.00 bits per heavy atom. The van der Waals surface area contributed by atoms with Gasteiger partial charge in [0.05, 0.1) is 15.6 Å². The van der Waals surface area contributed by atoms with Crippen LogP contribution in [-0.2, 0) is 4.79 Å². The van der Waals surface area contributed by atoms with Gasteiger partial charge in [-0.25, -0.2) is 4.99 Å². The Morgan fingerprint density at radius 1 is 1.33 bits per heavy atom. The topological polar surface area (TPSA) is 64.0 Å². The highest BCUT2D eigenvalue weighted by molar-refractivity contribution is 8.18. The van der Waals surface area contributed by atoms with Crippen LogP contribution in [0.4, 0.5) is 5.69 Å². The van der Waals surface area contributed by atoms with E-state index in [4.69, 9.17) is 21.1 Å². The molecule has 6 nitrogen and oxygen atoms in total. The Labute approximate surface area is 165 Å². The van der Waals surface area contributed by atoms with E-state index < -0.39 is 0 Å². The number of amidine groups is 1. The number of benzene rings is 1. The molecule has 4 rings (SSSR count). The highest BCUT2D eigenvalue weighted by Gasteiger charge is 2.32. The van der Waals surface area contributed by atoms with Gasteiger partial charge in [-0.05, 0) is 41.6 Å². The first-order chi connectivity index (χ1) is 13.2. The van der Waals surface area contributed by atoms with Gasteiger partial charge in [-0.3, -0.25) is 14.7 Å². The number of pyridine rings is 1. The predicted octanol–water partition coefficient (Wildman–Crippen LogP) is 4.25. The smallest absolute Gasteiger partial charge is 0.267 e. The van der Waals surface area contributed by atoms with Gasteiger partial charge >= 0.3 is 0 Å². The van der Waals surface area contributed by atoms with E-state index in [-0.39, 0.29) is 12.7 Å². The number of rotatable bonds is 4. The molecular formula is C19H14ClN3O3S. The first-order valence-corrected chi connectivity index (χ1v) is 9.25. The zero-order valence-corrected chi connectivity index (χ0v) is 15.7. The Bertz CT molecular complexity index is 990. The van der Waals surface area contributed by atoms with Crippen LogP contribution in [0.5, 0.6) is 11.5 Å². The van der Waals surface area contributed by atoms with Crippen LogP contribution in [-0.4, -0.2) is 34.3 Å². The molecular weight excluding hydrogens is 386 g/mol. The van der Waals surface area contributed by atoms with E-state index >= 15 is 0 Å². The Hall–Kier alpha value is -2.77. The van der Waals surface area contributed by atoms with Crippen molar-refractivity contribution in [2.75, 3.05) is 13.3 Å². The molecule has 136 valence electrons. The normalized spacial score (nSPS) is 18.6. The summed E-state index contributed by atoms with van der Waals surface area (Å²) in [6, 6.07) is 7.25. The van der Waals surface area contributed by atoms with Crippen LogP contribution in [0.3, 0.4) is 0 Å². The van der Waals surface area contributed by atoms with Crippen LogP contribution in [0.2, 0.25) is 5.02 Å². The number of hydrogen-bond donors (Lipinski definition) is 0. The van der Waals surface area contributed by atoms with Gasteiger partial charge in [0, 0.05) is 18.9 Å². The molecule has 0 radical (unpaired) electrons. The fraction of sp³-hybridized carbons (Fsp3) is 0.105. The molecule has 1 amide bonds. The summed E-state index contributed by atoms with van der Waals surface area (Å²) >= 11 is 7.43. The van der Waals surface area contributed by atoms with Crippen molar-refractivity contribution in [3.63, 3.8) is 0 Å². The molecule has 27 heavy (non-hydrogen) atoms. The quantitative estimate of drug-likeness (QED) is 0.568. The summed E-state index contributed by atoms with van der Waals surface area (Å²) in [4.78, 5) is 23.4. The van der Waals surface area contributed by atoms with Gasteiger partial charge in [-0.1, -0.05) is 23.7 Å². The number of amides is 1. The SMILES string of the molecule is C=CCN1C(=O)/C(=C/c2ccc3c(c2)OCO3)SC1=Nc1ccncc1Cl. The van der Waals surface area contributed by atoms with Crippen molar-refractivity contribution in [2.45, 2.75) is 0 Å². The van der Waals surface area contributed by atoms with Crippen LogP contribution in [0.1, 0.15) is 5.56 Å². The highest BCUT2D eigenvalue weighted by atomic mass is 35.5. The van der Waals surface area contributed by atoms with Crippen LogP contribution in [0.15, 0.2) is 59.2 Å². The lowest BCUT2D eigenvalue weighted by Crippen LogP contribution is -2.29. The van der Waals surface area contributed by atoms with Crippen LogP contribution >= 0.6 is 23.4 Å². The summed E-state index contributed by atoms with van der Waals surface area (Å²) in [5, 5.41) is 0.963. The van der Waals surface area contributed by atoms with Crippen molar-refractivity contribution in [3.05, 3.63) is 64.8 Å². The number of hydrogen-bond acceptors (Lipinski definition) is 6. The molecule has 2 aliphatic heterocycles. The molecule has 0 aliphatic carbocycles. The summed E-state index contributed by atoms with van der Waals surface area (Å²) < 4.78 is 10.7. The van der Waals surface area contributed by atoms with Gasteiger partial charge in [0.1, 0.15) is 0 Å². The molecule has 1 fully saturated rings. The summed E-state index contributed by atoms with van der Waals surface area (Å²) in [5.41, 5.74) is 1.40. The number of aliphatic imine (C=N–C) groups is 1. The van der Waals surface area contributed by atoms with E-state index in [2.05, 4.69) is 16.6 Å². The van der Waals surface area contributed by atoms with Gasteiger partial charge in [-0.15, -0.1) is 6.58 Å². The number of halogens is 1. The first-order valence-electron chi connectivity index (χ1n) is 8.06. The maximum atomic E-state index is 12.8. The number of aromatic nitrogens is 1. The van der Waals surface area contributed by atoms with E-state index in [1.54, 1.807) is 23.2 Å². The molecule has 0 spiro atoms. The van der Waals surface area contributed by atoms with E-state index in [1.807, 2.05) is 24.3 Å². The number of carbonyl (C=O) groups excluding carboxylic acids is 1. The van der Waals surface area contributed by atoms with Crippen LogP contribution in [0, 0.1) is 0 Å². The fourth-order valence-corrected chi connectivity index (χ4v) is 3.76. The Morgan fingerprint density at radius 2 is 2.19 bits per heavy atom. The average molecular weight is 400 g/mol. The number of nitrogens with zero attached hydrogens (tertiary/aromatic N) is 3. The lowest BCUT2D eigenvalue weighted by Gasteiger charge is -2.12. The average Bonchev–Trinajstić information content (AvgIpc) is 3.24. The van der Waals surface area contributed by atoms with Gasteiger partial charge in [0.2, 0.25) is 6.79 Å². The molecule has 1 aromatic carbocycles. The van der Waals surface area contributed by atoms with Crippen LogP contribution < -0.4 is 9.47 Å². The van der Waals surface area contributed by atoms with Crippen LogP contribution in [0.25, 0.3) is 6.08 Å². The molecule has 1 aromatic heterocycles. The maximum Gasteiger partial charge on any atom is 0.267 e. The monoisotopic (exact) mass is 399 g/mol. The van der Waals surface area contributed by atoms with Crippen molar-refractivity contribution < 1.29 is 14.3 Å². The van der Waals surface area contributed by atoms with Gasteiger partial charge in [0.25, 0.3) is 5.91 Å². The predicted molar refractivity (Wildman–Crippen MR) is 106 cm³/mol. The zero-order chi connectivity index (χ0) is 18.8. The fourth-order valence-electron chi connectivity index (χ4n) is 2.60. The standard InChI is InChI=1S/C19H14ClN3O3S/c1-2-7-23-18(24)17(9-12-3-4-15-16(8-12)26-11-25-15)27-19(23)22-14-5-6-21-10-13(14)20/h2-6,8-10H,1,7,11H2/b17-9-,22-19?. The lowest BCUT2D eigenvalue weighted by molar-refractivity contribution is -0.121. The molecule has 0 unspecified atom stereocenters. The molecule has 0 bridgehead atoms. The minimum Gasteiger partial charge on any atom is -0.454 e. The van der Waals surface area contributed by atoms with E-state index in [0.717, 1.165) is 5.56 Å². The van der Waals surface area contributed by atoms with E-state index in [1.165, 1.54) is 18.0 Å². The molecule has 2 aliphatic rings.